The van der Waals surface area contributed by atoms with Crippen molar-refractivity contribution in [3.05, 3.63) is 46.5 Å². The molecule has 0 spiro atoms. The Hall–Kier alpha value is -0.600. The van der Waals surface area contributed by atoms with E-state index in [4.69, 9.17) is 0 Å². The van der Waals surface area contributed by atoms with Crippen molar-refractivity contribution in [1.82, 2.24) is 0 Å². The number of hydrogen-bond donors (Lipinski definition) is 1. The van der Waals surface area contributed by atoms with E-state index >= 15 is 0 Å². The zero-order valence-corrected chi connectivity index (χ0v) is 10.6. The summed E-state index contributed by atoms with van der Waals surface area (Å²) in [5, 5.41) is 9.99. The third-order valence-corrected chi connectivity index (χ3v) is 2.95. The molecular weight excluding hydrogens is 252 g/mol. The number of rotatable bonds is 5. The van der Waals surface area contributed by atoms with Gasteiger partial charge in [-0.2, -0.15) is 0 Å². The lowest BCUT2D eigenvalue weighted by atomic mass is 9.99. The zero-order chi connectivity index (χ0) is 11.3. The van der Waals surface area contributed by atoms with Crippen molar-refractivity contribution >= 4 is 15.9 Å². The quantitative estimate of drug-likeness (QED) is 0.793. The monoisotopic (exact) mass is 268 g/mol. The number of aliphatic hydroxyl groups is 1. The third-order valence-electron chi connectivity index (χ3n) is 2.42. The average molecular weight is 269 g/mol. The van der Waals surface area contributed by atoms with E-state index in [2.05, 4.69) is 29.4 Å². The van der Waals surface area contributed by atoms with Crippen molar-refractivity contribution < 1.29 is 5.11 Å². The summed E-state index contributed by atoms with van der Waals surface area (Å²) in [5.41, 5.74) is 1.82. The number of halogens is 1. The summed E-state index contributed by atoms with van der Waals surface area (Å²) in [6.07, 6.45) is 2.59. The van der Waals surface area contributed by atoms with Gasteiger partial charge in [-0.1, -0.05) is 48.0 Å². The lowest BCUT2D eigenvalue weighted by Crippen LogP contribution is -2.00. The molecule has 1 aromatic rings. The molecule has 1 unspecified atom stereocenters. The topological polar surface area (TPSA) is 20.2 Å². The van der Waals surface area contributed by atoms with Gasteiger partial charge in [0, 0.05) is 4.47 Å². The maximum absolute atomic E-state index is 9.99. The van der Waals surface area contributed by atoms with Crippen molar-refractivity contribution in [3.8, 4) is 0 Å². The molecule has 2 heteroatoms. The second-order valence-corrected chi connectivity index (χ2v) is 4.63. The second-order valence-electron chi connectivity index (χ2n) is 3.72. The highest BCUT2D eigenvalue weighted by molar-refractivity contribution is 9.10. The first-order chi connectivity index (χ1) is 7.15. The molecule has 0 aromatic heterocycles. The summed E-state index contributed by atoms with van der Waals surface area (Å²) in [6.45, 7) is 6.07. The molecule has 1 nitrogen and oxygen atoms in total. The normalized spacial score (nSPS) is 12.5. The van der Waals surface area contributed by atoms with E-state index in [1.165, 1.54) is 0 Å². The van der Waals surface area contributed by atoms with Gasteiger partial charge in [0.2, 0.25) is 0 Å². The second kappa shape index (κ2) is 6.09. The molecule has 1 N–H and O–H groups in total. The molecule has 0 aliphatic carbocycles. The van der Waals surface area contributed by atoms with Crippen LogP contribution in [0.25, 0.3) is 0 Å². The van der Waals surface area contributed by atoms with Gasteiger partial charge in [-0.05, 0) is 36.1 Å². The molecule has 1 rings (SSSR count). The molecule has 0 amide bonds. The fourth-order valence-electron chi connectivity index (χ4n) is 1.42. The molecule has 0 saturated heterocycles. The highest BCUT2D eigenvalue weighted by Crippen LogP contribution is 2.25. The highest BCUT2D eigenvalue weighted by atomic mass is 79.9. The average Bonchev–Trinajstić information content (AvgIpc) is 2.26. The molecular formula is C13H17BrO. The van der Waals surface area contributed by atoms with Crippen molar-refractivity contribution in [2.45, 2.75) is 32.3 Å². The van der Waals surface area contributed by atoms with Crippen LogP contribution in [0.5, 0.6) is 0 Å². The van der Waals surface area contributed by atoms with E-state index in [0.717, 1.165) is 34.9 Å². The molecule has 82 valence electrons. The summed E-state index contributed by atoms with van der Waals surface area (Å²) in [4.78, 5) is 0. The standard InChI is InChI=1S/C13H17BrO/c1-3-4-5-10(2)13(15)11-6-8-12(14)9-7-11/h6-9,13,15H,2-5H2,1H3. The maximum Gasteiger partial charge on any atom is 0.0998 e. The smallest absolute Gasteiger partial charge is 0.0998 e. The van der Waals surface area contributed by atoms with E-state index in [9.17, 15) is 5.11 Å². The predicted octanol–water partition coefficient (Wildman–Crippen LogP) is 4.23. The molecule has 0 bridgehead atoms. The maximum atomic E-state index is 9.99. The molecule has 0 saturated carbocycles. The number of benzene rings is 1. The number of unbranched alkanes of at least 4 members (excludes halogenated alkanes) is 1. The van der Waals surface area contributed by atoms with Gasteiger partial charge in [-0.15, -0.1) is 0 Å². The van der Waals surface area contributed by atoms with Crippen LogP contribution in [0.2, 0.25) is 0 Å². The Morgan fingerprint density at radius 3 is 2.53 bits per heavy atom. The van der Waals surface area contributed by atoms with Gasteiger partial charge in [-0.3, -0.25) is 0 Å². The van der Waals surface area contributed by atoms with Crippen LogP contribution in [0.1, 0.15) is 37.9 Å². The highest BCUT2D eigenvalue weighted by Gasteiger charge is 2.10. The Kier molecular flexibility index (Phi) is 5.06. The fourth-order valence-corrected chi connectivity index (χ4v) is 1.69. The Balaban J connectivity index is 2.63. The summed E-state index contributed by atoms with van der Waals surface area (Å²) < 4.78 is 1.03. The van der Waals surface area contributed by atoms with E-state index in [-0.39, 0.29) is 0 Å². The summed E-state index contributed by atoms with van der Waals surface area (Å²) in [6, 6.07) is 7.72. The molecule has 0 radical (unpaired) electrons. The minimum Gasteiger partial charge on any atom is -0.384 e. The van der Waals surface area contributed by atoms with Gasteiger partial charge in [0.25, 0.3) is 0 Å². The molecule has 0 aliphatic heterocycles. The van der Waals surface area contributed by atoms with Crippen molar-refractivity contribution in [2.75, 3.05) is 0 Å². The SMILES string of the molecule is C=C(CCCC)C(O)c1ccc(Br)cc1. The third kappa shape index (κ3) is 3.80. The first-order valence-corrected chi connectivity index (χ1v) is 6.05. The first kappa shape index (κ1) is 12.5. The van der Waals surface area contributed by atoms with Crippen LogP contribution < -0.4 is 0 Å². The summed E-state index contributed by atoms with van der Waals surface area (Å²) in [5.74, 6) is 0. The van der Waals surface area contributed by atoms with Gasteiger partial charge in [0.15, 0.2) is 0 Å². The van der Waals surface area contributed by atoms with E-state index in [1.807, 2.05) is 24.3 Å². The van der Waals surface area contributed by atoms with Crippen molar-refractivity contribution in [2.24, 2.45) is 0 Å². The molecule has 0 aliphatic rings. The van der Waals surface area contributed by atoms with Crippen LogP contribution in [0.15, 0.2) is 40.9 Å². The van der Waals surface area contributed by atoms with Gasteiger partial charge in [-0.25, -0.2) is 0 Å². The van der Waals surface area contributed by atoms with Gasteiger partial charge in [0.1, 0.15) is 0 Å². The van der Waals surface area contributed by atoms with E-state index < -0.39 is 6.10 Å². The van der Waals surface area contributed by atoms with Crippen LogP contribution in [-0.4, -0.2) is 5.11 Å². The minimum absolute atomic E-state index is 0.523. The Morgan fingerprint density at radius 2 is 2.00 bits per heavy atom. The molecule has 15 heavy (non-hydrogen) atoms. The molecule has 1 atom stereocenters. The van der Waals surface area contributed by atoms with Crippen LogP contribution in [0.3, 0.4) is 0 Å². The van der Waals surface area contributed by atoms with Crippen LogP contribution >= 0.6 is 15.9 Å². The van der Waals surface area contributed by atoms with Gasteiger partial charge in [0.05, 0.1) is 6.10 Å². The largest absolute Gasteiger partial charge is 0.384 e. The summed E-state index contributed by atoms with van der Waals surface area (Å²) >= 11 is 3.37. The Morgan fingerprint density at radius 1 is 1.40 bits per heavy atom. The van der Waals surface area contributed by atoms with Crippen molar-refractivity contribution in [3.63, 3.8) is 0 Å². The lowest BCUT2D eigenvalue weighted by molar-refractivity contribution is 0.211. The predicted molar refractivity (Wildman–Crippen MR) is 67.8 cm³/mol. The van der Waals surface area contributed by atoms with Crippen LogP contribution in [-0.2, 0) is 0 Å². The Labute approximate surface area is 100.0 Å². The van der Waals surface area contributed by atoms with Crippen molar-refractivity contribution in [1.29, 1.82) is 0 Å². The van der Waals surface area contributed by atoms with E-state index in [1.54, 1.807) is 0 Å². The summed E-state index contributed by atoms with van der Waals surface area (Å²) in [7, 11) is 0. The van der Waals surface area contributed by atoms with E-state index in [0.29, 0.717) is 0 Å². The number of aliphatic hydroxyl groups excluding tert-OH is 1. The molecule has 1 aromatic carbocycles. The van der Waals surface area contributed by atoms with Crippen LogP contribution in [0.4, 0.5) is 0 Å². The number of hydrogen-bond acceptors (Lipinski definition) is 1. The van der Waals surface area contributed by atoms with Crippen LogP contribution in [0, 0.1) is 0 Å². The fraction of sp³-hybridized carbons (Fsp3) is 0.385. The molecule has 0 heterocycles. The molecule has 0 fully saturated rings. The minimum atomic E-state index is -0.523. The first-order valence-electron chi connectivity index (χ1n) is 5.26. The Bertz CT molecular complexity index is 316. The lowest BCUT2D eigenvalue weighted by Gasteiger charge is -2.13. The van der Waals surface area contributed by atoms with Gasteiger partial charge < -0.3 is 5.11 Å². The van der Waals surface area contributed by atoms with Gasteiger partial charge >= 0.3 is 0 Å². The zero-order valence-electron chi connectivity index (χ0n) is 9.04.